The molecule has 0 bridgehead atoms. The Morgan fingerprint density at radius 2 is 1.96 bits per heavy atom. The van der Waals surface area contributed by atoms with E-state index < -0.39 is 11.7 Å². The van der Waals surface area contributed by atoms with Gasteiger partial charge in [-0.3, -0.25) is 4.68 Å². The average Bonchev–Trinajstić information content (AvgIpc) is 3.09. The fraction of sp³-hybridized carbons (Fsp3) is 0.500. The normalized spacial score (nSPS) is 15.8. The Labute approximate surface area is 161 Å². The molecule has 10 heteroatoms. The van der Waals surface area contributed by atoms with E-state index in [1.807, 2.05) is 18.9 Å². The molecule has 152 valence electrons. The van der Waals surface area contributed by atoms with Crippen molar-refractivity contribution in [1.82, 2.24) is 25.0 Å². The van der Waals surface area contributed by atoms with Crippen LogP contribution in [0.3, 0.4) is 0 Å². The van der Waals surface area contributed by atoms with Gasteiger partial charge in [-0.05, 0) is 25.1 Å². The van der Waals surface area contributed by atoms with Crippen molar-refractivity contribution in [1.29, 1.82) is 0 Å². The van der Waals surface area contributed by atoms with E-state index >= 15 is 0 Å². The number of anilines is 1. The molecule has 1 fully saturated rings. The van der Waals surface area contributed by atoms with E-state index in [2.05, 4.69) is 25.3 Å². The van der Waals surface area contributed by atoms with Crippen molar-refractivity contribution in [3.8, 4) is 0 Å². The minimum absolute atomic E-state index is 0.409. The molecule has 28 heavy (non-hydrogen) atoms. The summed E-state index contributed by atoms with van der Waals surface area (Å²) in [7, 11) is 1.82. The summed E-state index contributed by atoms with van der Waals surface area (Å²) in [5.41, 5.74) is -0.0264. The SMILES string of the molecule is CCNC(=NCc1ncnn1C)N1CCN(c2cccc(C(F)(F)F)c2)CC1. The number of rotatable bonds is 4. The number of aromatic nitrogens is 3. The van der Waals surface area contributed by atoms with Crippen LogP contribution in [0.5, 0.6) is 0 Å². The molecule has 1 saturated heterocycles. The van der Waals surface area contributed by atoms with Gasteiger partial charge in [0.2, 0.25) is 0 Å². The summed E-state index contributed by atoms with van der Waals surface area (Å²) >= 11 is 0. The predicted octanol–water partition coefficient (Wildman–Crippen LogP) is 2.12. The Morgan fingerprint density at radius 3 is 2.57 bits per heavy atom. The Morgan fingerprint density at radius 1 is 1.21 bits per heavy atom. The number of hydrogen-bond donors (Lipinski definition) is 1. The molecule has 3 rings (SSSR count). The largest absolute Gasteiger partial charge is 0.416 e. The van der Waals surface area contributed by atoms with E-state index in [1.165, 1.54) is 18.5 Å². The molecule has 2 heterocycles. The number of aryl methyl sites for hydroxylation is 1. The van der Waals surface area contributed by atoms with Crippen molar-refractivity contribution in [2.45, 2.75) is 19.6 Å². The van der Waals surface area contributed by atoms with Crippen LogP contribution >= 0.6 is 0 Å². The highest BCUT2D eigenvalue weighted by Gasteiger charge is 2.31. The second-order valence-electron chi connectivity index (χ2n) is 6.49. The van der Waals surface area contributed by atoms with Crippen molar-refractivity contribution in [3.05, 3.63) is 42.0 Å². The monoisotopic (exact) mass is 395 g/mol. The highest BCUT2D eigenvalue weighted by atomic mass is 19.4. The summed E-state index contributed by atoms with van der Waals surface area (Å²) in [5.74, 6) is 1.53. The van der Waals surface area contributed by atoms with E-state index in [9.17, 15) is 13.2 Å². The second kappa shape index (κ2) is 8.49. The Bertz CT molecular complexity index is 808. The molecule has 0 radical (unpaired) electrons. The number of hydrogen-bond acceptors (Lipinski definition) is 4. The van der Waals surface area contributed by atoms with Crippen LogP contribution in [-0.4, -0.2) is 58.3 Å². The van der Waals surface area contributed by atoms with Crippen LogP contribution in [0.2, 0.25) is 0 Å². The van der Waals surface area contributed by atoms with E-state index in [4.69, 9.17) is 0 Å². The van der Waals surface area contributed by atoms with Crippen molar-refractivity contribution in [3.63, 3.8) is 0 Å². The van der Waals surface area contributed by atoms with Crippen LogP contribution in [-0.2, 0) is 19.8 Å². The Hall–Kier alpha value is -2.78. The van der Waals surface area contributed by atoms with Crippen molar-refractivity contribution >= 4 is 11.6 Å². The maximum absolute atomic E-state index is 13.0. The molecule has 1 aliphatic heterocycles. The van der Waals surface area contributed by atoms with Crippen LogP contribution in [0.1, 0.15) is 18.3 Å². The standard InChI is InChI=1S/C18H24F3N7/c1-3-22-17(23-12-16-24-13-25-26(16)2)28-9-7-27(8-10-28)15-6-4-5-14(11-15)18(19,20)21/h4-6,11,13H,3,7-10,12H2,1-2H3,(H,22,23). The average molecular weight is 395 g/mol. The van der Waals surface area contributed by atoms with Gasteiger partial charge in [-0.25, -0.2) is 9.98 Å². The van der Waals surface area contributed by atoms with Gasteiger partial charge in [-0.15, -0.1) is 0 Å². The maximum Gasteiger partial charge on any atom is 0.416 e. The lowest BCUT2D eigenvalue weighted by Gasteiger charge is -2.37. The van der Waals surface area contributed by atoms with Crippen LogP contribution < -0.4 is 10.2 Å². The number of benzene rings is 1. The van der Waals surface area contributed by atoms with Gasteiger partial charge in [0.25, 0.3) is 0 Å². The van der Waals surface area contributed by atoms with Crippen molar-refractivity contribution < 1.29 is 13.2 Å². The number of aliphatic imine (C=N–C) groups is 1. The molecule has 1 aliphatic rings. The maximum atomic E-state index is 13.0. The summed E-state index contributed by atoms with van der Waals surface area (Å²) in [4.78, 5) is 12.9. The fourth-order valence-corrected chi connectivity index (χ4v) is 3.09. The third-order valence-electron chi connectivity index (χ3n) is 4.63. The molecule has 7 nitrogen and oxygen atoms in total. The van der Waals surface area contributed by atoms with E-state index in [1.54, 1.807) is 10.7 Å². The number of piperazine rings is 1. The number of nitrogens with zero attached hydrogens (tertiary/aromatic N) is 6. The predicted molar refractivity (Wildman–Crippen MR) is 101 cm³/mol. The van der Waals surface area contributed by atoms with E-state index in [-0.39, 0.29) is 0 Å². The van der Waals surface area contributed by atoms with E-state index in [0.717, 1.165) is 24.4 Å². The first-order valence-corrected chi connectivity index (χ1v) is 9.17. The fourth-order valence-electron chi connectivity index (χ4n) is 3.09. The van der Waals surface area contributed by atoms with Gasteiger partial charge in [-0.2, -0.15) is 18.3 Å². The van der Waals surface area contributed by atoms with Gasteiger partial charge in [0.05, 0.1) is 5.56 Å². The summed E-state index contributed by atoms with van der Waals surface area (Å²) in [6.45, 7) is 5.71. The van der Waals surface area contributed by atoms with Gasteiger partial charge < -0.3 is 15.1 Å². The zero-order chi connectivity index (χ0) is 20.1. The summed E-state index contributed by atoms with van der Waals surface area (Å²) in [6, 6.07) is 5.49. The van der Waals surface area contributed by atoms with Crippen molar-refractivity contribution in [2.75, 3.05) is 37.6 Å². The smallest absolute Gasteiger partial charge is 0.368 e. The summed E-state index contributed by atoms with van der Waals surface area (Å²) in [6.07, 6.45) is -2.84. The van der Waals surface area contributed by atoms with Crippen LogP contribution in [0.15, 0.2) is 35.6 Å². The number of alkyl halides is 3. The molecule has 0 amide bonds. The van der Waals surface area contributed by atoms with E-state index in [0.29, 0.717) is 38.4 Å². The molecule has 2 aromatic rings. The number of halogens is 3. The quantitative estimate of drug-likeness (QED) is 0.635. The third-order valence-corrected chi connectivity index (χ3v) is 4.63. The molecular weight excluding hydrogens is 371 g/mol. The van der Waals surface area contributed by atoms with Gasteiger partial charge in [0.1, 0.15) is 18.7 Å². The highest BCUT2D eigenvalue weighted by Crippen LogP contribution is 2.31. The molecule has 0 saturated carbocycles. The lowest BCUT2D eigenvalue weighted by molar-refractivity contribution is -0.137. The third kappa shape index (κ3) is 4.73. The zero-order valence-corrected chi connectivity index (χ0v) is 15.9. The Balaban J connectivity index is 1.65. The molecule has 0 aliphatic carbocycles. The lowest BCUT2D eigenvalue weighted by Crippen LogP contribution is -2.52. The molecule has 1 aromatic heterocycles. The second-order valence-corrected chi connectivity index (χ2v) is 6.49. The number of nitrogens with one attached hydrogen (secondary N) is 1. The van der Waals surface area contributed by atoms with Gasteiger partial charge in [0.15, 0.2) is 5.96 Å². The van der Waals surface area contributed by atoms with Gasteiger partial charge >= 0.3 is 6.18 Å². The minimum Gasteiger partial charge on any atom is -0.368 e. The van der Waals surface area contributed by atoms with Crippen LogP contribution in [0.25, 0.3) is 0 Å². The lowest BCUT2D eigenvalue weighted by atomic mass is 10.1. The first-order chi connectivity index (χ1) is 13.4. The molecule has 0 spiro atoms. The van der Waals surface area contributed by atoms with Crippen LogP contribution in [0, 0.1) is 0 Å². The molecule has 1 N–H and O–H groups in total. The summed E-state index contributed by atoms with van der Waals surface area (Å²) < 4.78 is 40.5. The first kappa shape index (κ1) is 20.0. The summed E-state index contributed by atoms with van der Waals surface area (Å²) in [5, 5.41) is 7.31. The van der Waals surface area contributed by atoms with Crippen LogP contribution in [0.4, 0.5) is 18.9 Å². The van der Waals surface area contributed by atoms with Gasteiger partial charge in [0, 0.05) is 45.5 Å². The molecule has 0 atom stereocenters. The highest BCUT2D eigenvalue weighted by molar-refractivity contribution is 5.80. The molecular formula is C18H24F3N7. The number of guanidine groups is 1. The molecule has 1 aromatic carbocycles. The minimum atomic E-state index is -4.33. The van der Waals surface area contributed by atoms with Gasteiger partial charge in [-0.1, -0.05) is 6.07 Å². The molecule has 0 unspecified atom stereocenters. The topological polar surface area (TPSA) is 61.6 Å². The zero-order valence-electron chi connectivity index (χ0n) is 15.9. The first-order valence-electron chi connectivity index (χ1n) is 9.17. The Kier molecular flexibility index (Phi) is 6.05. The van der Waals surface area contributed by atoms with Crippen molar-refractivity contribution in [2.24, 2.45) is 12.0 Å².